The predicted molar refractivity (Wildman–Crippen MR) is 141 cm³/mol. The first-order valence-corrected chi connectivity index (χ1v) is 14.2. The lowest BCUT2D eigenvalue weighted by Crippen LogP contribution is -2.48. The molecule has 1 fully saturated rings. The summed E-state index contributed by atoms with van der Waals surface area (Å²) in [4.78, 5) is 12.3. The van der Waals surface area contributed by atoms with Crippen molar-refractivity contribution in [3.05, 3.63) is 42.5 Å². The number of anilines is 2. The van der Waals surface area contributed by atoms with Crippen LogP contribution < -0.4 is 4.90 Å². The lowest BCUT2D eigenvalue weighted by molar-refractivity contribution is 0.125. The number of hydrogen-bond donors (Lipinski definition) is 0. The highest BCUT2D eigenvalue weighted by atomic mass is 32.2. The van der Waals surface area contributed by atoms with E-state index in [0.717, 1.165) is 75.0 Å². The molecule has 2 heterocycles. The Hall–Kier alpha value is -1.62. The van der Waals surface area contributed by atoms with E-state index >= 15 is 0 Å². The molecule has 0 aliphatic carbocycles. The van der Waals surface area contributed by atoms with Gasteiger partial charge in [0.05, 0.1) is 16.3 Å². The highest BCUT2D eigenvalue weighted by Crippen LogP contribution is 2.48. The molecule has 0 spiro atoms. The first kappa shape index (κ1) is 25.5. The third kappa shape index (κ3) is 5.78. The lowest BCUT2D eigenvalue weighted by Gasteiger charge is -2.36. The Bertz CT molecular complexity index is 1080. The lowest BCUT2D eigenvalue weighted by atomic mass is 10.2. The third-order valence-electron chi connectivity index (χ3n) is 6.56. The molecule has 9 heteroatoms. The second kappa shape index (κ2) is 11.0. The monoisotopic (exact) mass is 503 g/mol. The third-order valence-corrected chi connectivity index (χ3v) is 9.50. The average molecular weight is 504 g/mol. The minimum absolute atomic E-state index is 0.343. The number of piperazine rings is 1. The van der Waals surface area contributed by atoms with Crippen LogP contribution in [0, 0.1) is 0 Å². The van der Waals surface area contributed by atoms with Crippen molar-refractivity contribution in [2.24, 2.45) is 0 Å². The van der Waals surface area contributed by atoms with Crippen molar-refractivity contribution in [1.29, 1.82) is 0 Å². The van der Waals surface area contributed by atoms with E-state index in [1.165, 1.54) is 9.20 Å². The van der Waals surface area contributed by atoms with E-state index in [1.54, 1.807) is 31.9 Å². The molecule has 1 saturated heterocycles. The van der Waals surface area contributed by atoms with Gasteiger partial charge in [-0.15, -0.1) is 0 Å². The van der Waals surface area contributed by atoms with E-state index in [1.807, 2.05) is 12.1 Å². The van der Waals surface area contributed by atoms with Crippen molar-refractivity contribution in [2.45, 2.75) is 21.1 Å². The molecule has 2 aliphatic rings. The number of fused-ring (bicyclic) bond motifs is 2. The van der Waals surface area contributed by atoms with Gasteiger partial charge in [0, 0.05) is 69.7 Å². The fourth-order valence-electron chi connectivity index (χ4n) is 4.45. The largest absolute Gasteiger partial charge is 0.340 e. The Labute approximate surface area is 209 Å². The van der Waals surface area contributed by atoms with Gasteiger partial charge in [0.25, 0.3) is 0 Å². The smallest absolute Gasteiger partial charge is 0.242 e. The van der Waals surface area contributed by atoms with Gasteiger partial charge in [-0.05, 0) is 57.4 Å². The van der Waals surface area contributed by atoms with Crippen LogP contribution in [0.15, 0.2) is 57.2 Å². The summed E-state index contributed by atoms with van der Waals surface area (Å²) in [6, 6.07) is 13.9. The Morgan fingerprint density at radius 2 is 1.47 bits per heavy atom. The van der Waals surface area contributed by atoms with Gasteiger partial charge in [0.15, 0.2) is 0 Å². The molecule has 34 heavy (non-hydrogen) atoms. The normalized spacial score (nSPS) is 17.3. The van der Waals surface area contributed by atoms with Crippen LogP contribution >= 0.6 is 11.8 Å². The minimum Gasteiger partial charge on any atom is -0.340 e. The molecule has 4 rings (SSSR count). The number of nitrogens with zero attached hydrogens (tertiary/aromatic N) is 5. The van der Waals surface area contributed by atoms with Gasteiger partial charge in [-0.1, -0.05) is 23.9 Å². The molecule has 0 N–H and O–H groups in total. The Morgan fingerprint density at radius 3 is 2.15 bits per heavy atom. The maximum absolute atomic E-state index is 12.8. The van der Waals surface area contributed by atoms with Gasteiger partial charge < -0.3 is 14.7 Å². The summed E-state index contributed by atoms with van der Waals surface area (Å²) >= 11 is 1.71. The molecule has 7 nitrogen and oxygen atoms in total. The number of sulfonamides is 1. The zero-order chi connectivity index (χ0) is 24.3. The number of hydrogen-bond acceptors (Lipinski definition) is 7. The van der Waals surface area contributed by atoms with E-state index in [4.69, 9.17) is 0 Å². The van der Waals surface area contributed by atoms with Crippen molar-refractivity contribution in [2.75, 3.05) is 85.4 Å². The molecule has 2 aliphatic heterocycles. The molecule has 0 unspecified atom stereocenters. The van der Waals surface area contributed by atoms with Crippen LogP contribution in [0.3, 0.4) is 0 Å². The highest BCUT2D eigenvalue weighted by molar-refractivity contribution is 7.99. The van der Waals surface area contributed by atoms with E-state index in [2.05, 4.69) is 58.0 Å². The predicted octanol–water partition coefficient (Wildman–Crippen LogP) is 3.11. The van der Waals surface area contributed by atoms with Crippen molar-refractivity contribution in [3.63, 3.8) is 0 Å². The van der Waals surface area contributed by atoms with Gasteiger partial charge in [-0.2, -0.15) is 0 Å². The van der Waals surface area contributed by atoms with Crippen LogP contribution in [0.4, 0.5) is 11.4 Å². The first-order valence-electron chi connectivity index (χ1n) is 12.0. The molecule has 0 bridgehead atoms. The molecule has 0 aromatic heterocycles. The number of rotatable bonds is 9. The van der Waals surface area contributed by atoms with Gasteiger partial charge in [0.1, 0.15) is 0 Å². The SMILES string of the molecule is CN(C)CCN1CCN(CCCN2c3ccccc3Sc3ccc(S(=O)(=O)N(C)C)cc32)CC1. The molecular weight excluding hydrogens is 466 g/mol. The fourth-order valence-corrected chi connectivity index (χ4v) is 6.45. The molecular formula is C25H37N5O2S2. The molecule has 186 valence electrons. The quantitative estimate of drug-likeness (QED) is 0.521. The van der Waals surface area contributed by atoms with Gasteiger partial charge in [0.2, 0.25) is 10.0 Å². The number of para-hydroxylation sites is 1. The molecule has 0 radical (unpaired) electrons. The standard InChI is InChI=1S/C25H37N5O2S2/c1-26(2)14-15-29-18-16-28(17-19-29)12-7-13-30-22-8-5-6-9-24(22)33-25-11-10-21(20-23(25)30)34(31,32)27(3)4/h5-6,8-11,20H,7,12-19H2,1-4H3. The topological polar surface area (TPSA) is 50.3 Å². The van der Waals surface area contributed by atoms with Gasteiger partial charge in [-0.3, -0.25) is 4.90 Å². The maximum atomic E-state index is 12.8. The summed E-state index contributed by atoms with van der Waals surface area (Å²) in [6.07, 6.45) is 1.03. The van der Waals surface area contributed by atoms with Crippen LogP contribution in [0.1, 0.15) is 6.42 Å². The average Bonchev–Trinajstić information content (AvgIpc) is 2.82. The van der Waals surface area contributed by atoms with Crippen molar-refractivity contribution in [1.82, 2.24) is 19.0 Å². The van der Waals surface area contributed by atoms with E-state index in [9.17, 15) is 8.42 Å². The van der Waals surface area contributed by atoms with E-state index in [0.29, 0.717) is 4.90 Å². The molecule has 0 amide bonds. The summed E-state index contributed by atoms with van der Waals surface area (Å²) in [5, 5.41) is 0. The molecule has 2 aromatic carbocycles. The van der Waals surface area contributed by atoms with Crippen LogP contribution in [-0.2, 0) is 10.0 Å². The van der Waals surface area contributed by atoms with E-state index in [-0.39, 0.29) is 0 Å². The van der Waals surface area contributed by atoms with Gasteiger partial charge >= 0.3 is 0 Å². The summed E-state index contributed by atoms with van der Waals surface area (Å²) in [6.45, 7) is 8.64. The first-order chi connectivity index (χ1) is 16.3. The van der Waals surface area contributed by atoms with Crippen LogP contribution in [0.25, 0.3) is 0 Å². The Balaban J connectivity index is 1.45. The number of benzene rings is 2. The highest BCUT2D eigenvalue weighted by Gasteiger charge is 2.27. The molecule has 2 aromatic rings. The van der Waals surface area contributed by atoms with Gasteiger partial charge in [-0.25, -0.2) is 12.7 Å². The zero-order valence-corrected chi connectivity index (χ0v) is 22.4. The van der Waals surface area contributed by atoms with Crippen LogP contribution in [-0.4, -0.2) is 108 Å². The summed E-state index contributed by atoms with van der Waals surface area (Å²) in [5.74, 6) is 0. The Morgan fingerprint density at radius 1 is 0.824 bits per heavy atom. The van der Waals surface area contributed by atoms with Crippen LogP contribution in [0.5, 0.6) is 0 Å². The minimum atomic E-state index is -3.48. The second-order valence-electron chi connectivity index (χ2n) is 9.48. The van der Waals surface area contributed by atoms with Crippen molar-refractivity contribution < 1.29 is 8.42 Å². The van der Waals surface area contributed by atoms with Crippen molar-refractivity contribution >= 4 is 33.2 Å². The second-order valence-corrected chi connectivity index (χ2v) is 12.7. The fraction of sp³-hybridized carbons (Fsp3) is 0.520. The maximum Gasteiger partial charge on any atom is 0.242 e. The zero-order valence-electron chi connectivity index (χ0n) is 20.8. The van der Waals surface area contributed by atoms with Crippen molar-refractivity contribution in [3.8, 4) is 0 Å². The molecule has 0 atom stereocenters. The van der Waals surface area contributed by atoms with E-state index < -0.39 is 10.0 Å². The van der Waals surface area contributed by atoms with Crippen LogP contribution in [0.2, 0.25) is 0 Å². The molecule has 0 saturated carbocycles. The summed E-state index contributed by atoms with van der Waals surface area (Å²) in [7, 11) is 3.94. The summed E-state index contributed by atoms with van der Waals surface area (Å²) in [5.41, 5.74) is 2.15. The Kier molecular flexibility index (Phi) is 8.22. The summed E-state index contributed by atoms with van der Waals surface area (Å²) < 4.78 is 26.9. The number of likely N-dealkylation sites (N-methyl/N-ethyl adjacent to an activating group) is 1.